The first-order valence-corrected chi connectivity index (χ1v) is 5.33. The van der Waals surface area contributed by atoms with Gasteiger partial charge in [-0.05, 0) is 13.8 Å². The van der Waals surface area contributed by atoms with Crippen LogP contribution in [0.3, 0.4) is 0 Å². The second kappa shape index (κ2) is 4.45. The molecule has 5 heteroatoms. The number of nitriles is 1. The number of morpholine rings is 1. The van der Waals surface area contributed by atoms with E-state index in [0.29, 0.717) is 12.3 Å². The maximum atomic E-state index is 8.65. The van der Waals surface area contributed by atoms with Crippen molar-refractivity contribution in [2.24, 2.45) is 0 Å². The Bertz CT molecular complexity index is 397. The predicted octanol–water partition coefficient (Wildman–Crippen LogP) is 0.962. The largest absolute Gasteiger partial charge is 0.375 e. The van der Waals surface area contributed by atoms with Crippen LogP contribution in [0.4, 0.5) is 5.82 Å². The van der Waals surface area contributed by atoms with Crippen LogP contribution in [0.1, 0.15) is 19.5 Å². The molecular formula is C11H14N4O. The third kappa shape index (κ3) is 1.97. The number of nitrogens with zero attached hydrogens (tertiary/aromatic N) is 4. The van der Waals surface area contributed by atoms with E-state index in [-0.39, 0.29) is 12.1 Å². The SMILES string of the molecule is CC1OCCN(c2cnc(C#N)cn2)C1C. The van der Waals surface area contributed by atoms with Crippen molar-refractivity contribution in [3.8, 4) is 6.07 Å². The van der Waals surface area contributed by atoms with Crippen LogP contribution in [0.15, 0.2) is 12.4 Å². The van der Waals surface area contributed by atoms with E-state index < -0.39 is 0 Å². The van der Waals surface area contributed by atoms with Crippen molar-refractivity contribution in [2.45, 2.75) is 26.0 Å². The molecule has 2 heterocycles. The van der Waals surface area contributed by atoms with Gasteiger partial charge in [0.05, 0.1) is 31.1 Å². The second-order valence-corrected chi connectivity index (χ2v) is 3.88. The van der Waals surface area contributed by atoms with Gasteiger partial charge < -0.3 is 9.64 Å². The molecule has 2 rings (SSSR count). The molecule has 1 aromatic rings. The molecular weight excluding hydrogens is 204 g/mol. The molecule has 0 amide bonds. The van der Waals surface area contributed by atoms with Gasteiger partial charge in [-0.2, -0.15) is 5.26 Å². The fourth-order valence-corrected chi connectivity index (χ4v) is 1.78. The number of hydrogen-bond acceptors (Lipinski definition) is 5. The zero-order valence-corrected chi connectivity index (χ0v) is 9.42. The lowest BCUT2D eigenvalue weighted by atomic mass is 10.1. The lowest BCUT2D eigenvalue weighted by Gasteiger charge is -2.38. The van der Waals surface area contributed by atoms with Crippen molar-refractivity contribution >= 4 is 5.82 Å². The number of hydrogen-bond donors (Lipinski definition) is 0. The zero-order valence-electron chi connectivity index (χ0n) is 9.42. The molecule has 1 aliphatic heterocycles. The van der Waals surface area contributed by atoms with Gasteiger partial charge in [0.25, 0.3) is 0 Å². The lowest BCUT2D eigenvalue weighted by Crippen LogP contribution is -2.49. The molecule has 1 fully saturated rings. The summed E-state index contributed by atoms with van der Waals surface area (Å²) in [5, 5.41) is 8.65. The molecule has 0 radical (unpaired) electrons. The predicted molar refractivity (Wildman–Crippen MR) is 59.0 cm³/mol. The van der Waals surface area contributed by atoms with E-state index in [0.717, 1.165) is 12.4 Å². The molecule has 2 atom stereocenters. The summed E-state index contributed by atoms with van der Waals surface area (Å²) in [6, 6.07) is 2.23. The maximum Gasteiger partial charge on any atom is 0.158 e. The van der Waals surface area contributed by atoms with Crippen LogP contribution in [-0.2, 0) is 4.74 Å². The number of ether oxygens (including phenoxy) is 1. The maximum absolute atomic E-state index is 8.65. The lowest BCUT2D eigenvalue weighted by molar-refractivity contribution is 0.0281. The Morgan fingerprint density at radius 2 is 2.25 bits per heavy atom. The molecule has 5 nitrogen and oxygen atoms in total. The highest BCUT2D eigenvalue weighted by molar-refractivity contribution is 5.39. The summed E-state index contributed by atoms with van der Waals surface area (Å²) in [6.45, 7) is 5.66. The van der Waals surface area contributed by atoms with E-state index >= 15 is 0 Å². The first-order valence-electron chi connectivity index (χ1n) is 5.33. The van der Waals surface area contributed by atoms with Crippen molar-refractivity contribution in [1.29, 1.82) is 5.26 Å². The zero-order chi connectivity index (χ0) is 11.5. The Hall–Kier alpha value is -1.67. The summed E-state index contributed by atoms with van der Waals surface area (Å²) >= 11 is 0. The topological polar surface area (TPSA) is 62.0 Å². The fourth-order valence-electron chi connectivity index (χ4n) is 1.78. The molecule has 0 spiro atoms. The van der Waals surface area contributed by atoms with Gasteiger partial charge in [0.2, 0.25) is 0 Å². The average molecular weight is 218 g/mol. The fraction of sp³-hybridized carbons (Fsp3) is 0.545. The van der Waals surface area contributed by atoms with Crippen LogP contribution >= 0.6 is 0 Å². The highest BCUT2D eigenvalue weighted by Gasteiger charge is 2.26. The second-order valence-electron chi connectivity index (χ2n) is 3.88. The summed E-state index contributed by atoms with van der Waals surface area (Å²) in [5.41, 5.74) is 0.345. The molecule has 16 heavy (non-hydrogen) atoms. The summed E-state index contributed by atoms with van der Waals surface area (Å²) < 4.78 is 5.54. The molecule has 0 N–H and O–H groups in total. The standard InChI is InChI=1S/C11H14N4O/c1-8-9(2)16-4-3-15(8)11-7-13-10(5-12)6-14-11/h6-9H,3-4H2,1-2H3. The highest BCUT2D eigenvalue weighted by Crippen LogP contribution is 2.19. The third-order valence-corrected chi connectivity index (χ3v) is 2.93. The molecule has 0 bridgehead atoms. The van der Waals surface area contributed by atoms with Crippen LogP contribution in [0.5, 0.6) is 0 Å². The minimum Gasteiger partial charge on any atom is -0.375 e. The number of anilines is 1. The van der Waals surface area contributed by atoms with E-state index in [4.69, 9.17) is 10.00 Å². The molecule has 0 saturated carbocycles. The summed E-state index contributed by atoms with van der Waals surface area (Å²) in [7, 11) is 0. The van der Waals surface area contributed by atoms with E-state index in [1.807, 2.05) is 13.0 Å². The van der Waals surface area contributed by atoms with Crippen molar-refractivity contribution in [3.63, 3.8) is 0 Å². The van der Waals surface area contributed by atoms with Crippen LogP contribution in [0, 0.1) is 11.3 Å². The van der Waals surface area contributed by atoms with Crippen LogP contribution < -0.4 is 4.90 Å². The van der Waals surface area contributed by atoms with Gasteiger partial charge in [-0.3, -0.25) is 0 Å². The Balaban J connectivity index is 2.19. The van der Waals surface area contributed by atoms with Gasteiger partial charge >= 0.3 is 0 Å². The van der Waals surface area contributed by atoms with Crippen molar-refractivity contribution in [2.75, 3.05) is 18.1 Å². The van der Waals surface area contributed by atoms with Crippen molar-refractivity contribution in [1.82, 2.24) is 9.97 Å². The van der Waals surface area contributed by atoms with Gasteiger partial charge in [0.1, 0.15) is 11.9 Å². The molecule has 1 aliphatic rings. The van der Waals surface area contributed by atoms with Crippen LogP contribution in [0.2, 0.25) is 0 Å². The van der Waals surface area contributed by atoms with Crippen molar-refractivity contribution < 1.29 is 4.74 Å². The summed E-state index contributed by atoms with van der Waals surface area (Å²) in [6.07, 6.45) is 3.33. The van der Waals surface area contributed by atoms with Gasteiger partial charge in [0.15, 0.2) is 5.69 Å². The molecule has 1 aromatic heterocycles. The third-order valence-electron chi connectivity index (χ3n) is 2.93. The van der Waals surface area contributed by atoms with Crippen LogP contribution in [-0.4, -0.2) is 35.3 Å². The summed E-state index contributed by atoms with van der Waals surface area (Å²) in [5.74, 6) is 0.807. The van der Waals surface area contributed by atoms with Gasteiger partial charge in [-0.25, -0.2) is 9.97 Å². The monoisotopic (exact) mass is 218 g/mol. The molecule has 0 aromatic carbocycles. The number of aromatic nitrogens is 2. The van der Waals surface area contributed by atoms with Crippen molar-refractivity contribution in [3.05, 3.63) is 18.1 Å². The van der Waals surface area contributed by atoms with Gasteiger partial charge in [0, 0.05) is 6.54 Å². The Kier molecular flexibility index (Phi) is 3.02. The minimum absolute atomic E-state index is 0.186. The summed E-state index contributed by atoms with van der Waals surface area (Å²) in [4.78, 5) is 10.4. The molecule has 84 valence electrons. The quantitative estimate of drug-likeness (QED) is 0.702. The Morgan fingerprint density at radius 1 is 1.44 bits per heavy atom. The molecule has 2 unspecified atom stereocenters. The Morgan fingerprint density at radius 3 is 2.88 bits per heavy atom. The Labute approximate surface area is 94.7 Å². The molecule has 0 aliphatic carbocycles. The van der Waals surface area contributed by atoms with Gasteiger partial charge in [-0.15, -0.1) is 0 Å². The van der Waals surface area contributed by atoms with E-state index in [1.165, 1.54) is 6.20 Å². The van der Waals surface area contributed by atoms with E-state index in [1.54, 1.807) is 6.20 Å². The van der Waals surface area contributed by atoms with Crippen LogP contribution in [0.25, 0.3) is 0 Å². The molecule has 1 saturated heterocycles. The minimum atomic E-state index is 0.186. The van der Waals surface area contributed by atoms with E-state index in [9.17, 15) is 0 Å². The highest BCUT2D eigenvalue weighted by atomic mass is 16.5. The normalized spacial score (nSPS) is 25.2. The first kappa shape index (κ1) is 10.8. The first-order chi connectivity index (χ1) is 7.72. The smallest absolute Gasteiger partial charge is 0.158 e. The van der Waals surface area contributed by atoms with Gasteiger partial charge in [-0.1, -0.05) is 0 Å². The average Bonchev–Trinajstić information content (AvgIpc) is 2.33. The number of rotatable bonds is 1. The van der Waals surface area contributed by atoms with E-state index in [2.05, 4.69) is 21.8 Å².